The molecule has 1 aliphatic rings. The van der Waals surface area contributed by atoms with Gasteiger partial charge in [0.25, 0.3) is 0 Å². The van der Waals surface area contributed by atoms with Crippen molar-refractivity contribution >= 4 is 23.3 Å². The number of amides is 2. The maximum Gasteiger partial charge on any atom is 0.335 e. The van der Waals surface area contributed by atoms with Crippen LogP contribution in [0.5, 0.6) is 0 Å². The summed E-state index contributed by atoms with van der Waals surface area (Å²) in [5.41, 5.74) is 4.05. The van der Waals surface area contributed by atoms with Crippen LogP contribution in [0.15, 0.2) is 29.4 Å². The number of carbonyl (C=O) groups excluding carboxylic acids is 1. The summed E-state index contributed by atoms with van der Waals surface area (Å²) in [4.78, 5) is 11.8. The molecule has 0 aromatic heterocycles. The third-order valence-corrected chi connectivity index (χ3v) is 3.86. The highest BCUT2D eigenvalue weighted by Crippen LogP contribution is 2.17. The maximum absolute atomic E-state index is 11.8. The van der Waals surface area contributed by atoms with Crippen LogP contribution < -0.4 is 10.7 Å². The minimum absolute atomic E-state index is 0.247. The van der Waals surface area contributed by atoms with Crippen LogP contribution in [0, 0.1) is 0 Å². The Kier molecular flexibility index (Phi) is 5.41. The van der Waals surface area contributed by atoms with Crippen molar-refractivity contribution in [2.45, 2.75) is 45.1 Å². The predicted octanol–water partition coefficient (Wildman–Crippen LogP) is 3.70. The Morgan fingerprint density at radius 1 is 1.25 bits per heavy atom. The first-order valence-electron chi connectivity index (χ1n) is 7.02. The Bertz CT molecular complexity index is 496. The van der Waals surface area contributed by atoms with Gasteiger partial charge in [0, 0.05) is 16.6 Å². The molecule has 0 aliphatic heterocycles. The van der Waals surface area contributed by atoms with Gasteiger partial charge in [-0.3, -0.25) is 0 Å². The van der Waals surface area contributed by atoms with Crippen LogP contribution in [-0.4, -0.2) is 17.8 Å². The molecule has 0 bridgehead atoms. The van der Waals surface area contributed by atoms with Crippen molar-refractivity contribution in [1.29, 1.82) is 0 Å². The van der Waals surface area contributed by atoms with Gasteiger partial charge in [-0.05, 0) is 25.8 Å². The molecule has 1 aliphatic carbocycles. The summed E-state index contributed by atoms with van der Waals surface area (Å²) in [6.45, 7) is 1.82. The van der Waals surface area contributed by atoms with Gasteiger partial charge in [0.2, 0.25) is 0 Å². The molecule has 0 heterocycles. The normalized spacial score (nSPS) is 16.8. The van der Waals surface area contributed by atoms with Gasteiger partial charge >= 0.3 is 6.03 Å². The first kappa shape index (κ1) is 14.9. The van der Waals surface area contributed by atoms with Crippen molar-refractivity contribution in [2.24, 2.45) is 5.10 Å². The van der Waals surface area contributed by atoms with Crippen molar-refractivity contribution in [1.82, 2.24) is 10.7 Å². The van der Waals surface area contributed by atoms with E-state index in [1.807, 2.05) is 25.1 Å². The molecule has 0 unspecified atom stereocenters. The summed E-state index contributed by atoms with van der Waals surface area (Å²) in [5, 5.41) is 7.67. The van der Waals surface area contributed by atoms with Gasteiger partial charge in [0.1, 0.15) is 0 Å². The van der Waals surface area contributed by atoms with E-state index < -0.39 is 0 Å². The molecule has 108 valence electrons. The number of nitrogens with zero attached hydrogens (tertiary/aromatic N) is 1. The summed E-state index contributed by atoms with van der Waals surface area (Å²) < 4.78 is 0. The van der Waals surface area contributed by atoms with Gasteiger partial charge in [0.15, 0.2) is 0 Å². The molecule has 4 nitrogen and oxygen atoms in total. The second-order valence-electron chi connectivity index (χ2n) is 5.10. The summed E-state index contributed by atoms with van der Waals surface area (Å²) in [6.07, 6.45) is 5.75. The summed E-state index contributed by atoms with van der Waals surface area (Å²) in [5.74, 6) is 0. The molecule has 1 aromatic carbocycles. The Balaban J connectivity index is 1.88. The van der Waals surface area contributed by atoms with Crippen LogP contribution in [0.1, 0.15) is 44.6 Å². The summed E-state index contributed by atoms with van der Waals surface area (Å²) in [7, 11) is 0. The van der Waals surface area contributed by atoms with Gasteiger partial charge in [0.05, 0.1) is 5.71 Å². The number of hydrazone groups is 1. The van der Waals surface area contributed by atoms with E-state index in [1.165, 1.54) is 19.3 Å². The second-order valence-corrected chi connectivity index (χ2v) is 5.50. The molecular weight excluding hydrogens is 274 g/mol. The molecule has 0 atom stereocenters. The van der Waals surface area contributed by atoms with Crippen LogP contribution in [0.25, 0.3) is 0 Å². The van der Waals surface area contributed by atoms with E-state index >= 15 is 0 Å². The van der Waals surface area contributed by atoms with E-state index in [2.05, 4.69) is 15.8 Å². The number of hydrogen-bond donors (Lipinski definition) is 2. The van der Waals surface area contributed by atoms with E-state index in [4.69, 9.17) is 11.6 Å². The zero-order valence-electron chi connectivity index (χ0n) is 11.7. The third kappa shape index (κ3) is 4.23. The van der Waals surface area contributed by atoms with E-state index in [-0.39, 0.29) is 12.1 Å². The van der Waals surface area contributed by atoms with E-state index in [0.29, 0.717) is 10.7 Å². The number of hydrogen-bond acceptors (Lipinski definition) is 2. The van der Waals surface area contributed by atoms with Crippen LogP contribution in [0.4, 0.5) is 4.79 Å². The molecule has 1 saturated carbocycles. The van der Waals surface area contributed by atoms with Crippen molar-refractivity contribution in [3.05, 3.63) is 34.9 Å². The fraction of sp³-hybridized carbons (Fsp3) is 0.467. The number of benzene rings is 1. The minimum Gasteiger partial charge on any atom is -0.334 e. The molecule has 5 heteroatoms. The number of nitrogens with one attached hydrogen (secondary N) is 2. The molecule has 2 N–H and O–H groups in total. The van der Waals surface area contributed by atoms with Gasteiger partial charge in [-0.2, -0.15) is 5.10 Å². The quantitative estimate of drug-likeness (QED) is 0.648. The smallest absolute Gasteiger partial charge is 0.334 e. The number of urea groups is 1. The largest absolute Gasteiger partial charge is 0.335 e. The van der Waals surface area contributed by atoms with E-state index in [1.54, 1.807) is 6.07 Å². The molecule has 0 spiro atoms. The highest BCUT2D eigenvalue weighted by atomic mass is 35.5. The number of rotatable bonds is 3. The van der Waals surface area contributed by atoms with Crippen molar-refractivity contribution in [2.75, 3.05) is 0 Å². The summed E-state index contributed by atoms with van der Waals surface area (Å²) in [6, 6.07) is 7.47. The lowest BCUT2D eigenvalue weighted by molar-refractivity contribution is 0.233. The fourth-order valence-electron chi connectivity index (χ4n) is 2.41. The number of halogens is 1. The first-order chi connectivity index (χ1) is 9.66. The SMILES string of the molecule is CC(=NNC(=O)NC1CCCCC1)c1ccccc1Cl. The molecule has 2 rings (SSSR count). The minimum atomic E-state index is -0.247. The second kappa shape index (κ2) is 7.29. The van der Waals surface area contributed by atoms with Gasteiger partial charge in [-0.1, -0.05) is 49.1 Å². The predicted molar refractivity (Wildman–Crippen MR) is 82.2 cm³/mol. The van der Waals surface area contributed by atoms with Gasteiger partial charge in [-0.15, -0.1) is 0 Å². The molecule has 2 amide bonds. The average Bonchev–Trinajstić information content (AvgIpc) is 2.46. The Hall–Kier alpha value is -1.55. The zero-order valence-corrected chi connectivity index (χ0v) is 12.4. The van der Waals surface area contributed by atoms with Gasteiger partial charge in [-0.25, -0.2) is 10.2 Å². The maximum atomic E-state index is 11.8. The standard InChI is InChI=1S/C15H20ClN3O/c1-11(13-9-5-6-10-14(13)16)18-19-15(20)17-12-7-3-2-4-8-12/h5-6,9-10,12H,2-4,7-8H2,1H3,(H2,17,19,20). The van der Waals surface area contributed by atoms with Crippen molar-refractivity contribution in [3.63, 3.8) is 0 Å². The highest BCUT2D eigenvalue weighted by Gasteiger charge is 2.15. The Morgan fingerprint density at radius 2 is 1.95 bits per heavy atom. The van der Waals surface area contributed by atoms with E-state index in [9.17, 15) is 4.79 Å². The molecule has 1 fully saturated rings. The fourth-order valence-corrected chi connectivity index (χ4v) is 2.69. The molecule has 0 saturated heterocycles. The topological polar surface area (TPSA) is 53.5 Å². The molecule has 0 radical (unpaired) electrons. The molecular formula is C15H20ClN3O. The van der Waals surface area contributed by atoms with Gasteiger partial charge < -0.3 is 5.32 Å². The molecule has 1 aromatic rings. The molecule has 20 heavy (non-hydrogen) atoms. The van der Waals surface area contributed by atoms with Crippen molar-refractivity contribution in [3.8, 4) is 0 Å². The van der Waals surface area contributed by atoms with E-state index in [0.717, 1.165) is 18.4 Å². The highest BCUT2D eigenvalue weighted by molar-refractivity contribution is 6.34. The van der Waals surface area contributed by atoms with Crippen molar-refractivity contribution < 1.29 is 4.79 Å². The monoisotopic (exact) mass is 293 g/mol. The Labute approximate surface area is 124 Å². The zero-order chi connectivity index (χ0) is 14.4. The first-order valence-corrected chi connectivity index (χ1v) is 7.40. The summed E-state index contributed by atoms with van der Waals surface area (Å²) >= 11 is 6.08. The lowest BCUT2D eigenvalue weighted by atomic mass is 9.96. The van der Waals surface area contributed by atoms with Crippen LogP contribution in [0.2, 0.25) is 5.02 Å². The lowest BCUT2D eigenvalue weighted by Crippen LogP contribution is -2.41. The lowest BCUT2D eigenvalue weighted by Gasteiger charge is -2.22. The average molecular weight is 294 g/mol. The van der Waals surface area contributed by atoms with Crippen LogP contribution in [0.3, 0.4) is 0 Å². The van der Waals surface area contributed by atoms with Crippen LogP contribution in [-0.2, 0) is 0 Å². The number of carbonyl (C=O) groups is 1. The Morgan fingerprint density at radius 3 is 2.65 bits per heavy atom. The van der Waals surface area contributed by atoms with Crippen LogP contribution >= 0.6 is 11.6 Å². The third-order valence-electron chi connectivity index (χ3n) is 3.53.